The normalized spacial score (nSPS) is 22.2. The Balaban J connectivity index is 1.18. The van der Waals surface area contributed by atoms with Gasteiger partial charge in [0.1, 0.15) is 11.6 Å². The van der Waals surface area contributed by atoms with Gasteiger partial charge in [0.25, 0.3) is 5.89 Å². The number of esters is 1. The number of benzene rings is 2. The Hall–Kier alpha value is -2.92. The number of carbonyl (C=O) groups is 1. The fourth-order valence-corrected chi connectivity index (χ4v) is 5.65. The third-order valence-electron chi connectivity index (χ3n) is 7.71. The van der Waals surface area contributed by atoms with Gasteiger partial charge in [0, 0.05) is 18.8 Å². The van der Waals surface area contributed by atoms with Crippen molar-refractivity contribution in [2.45, 2.75) is 69.4 Å². The highest BCUT2D eigenvalue weighted by atomic mass is 16.5. The second-order valence-corrected chi connectivity index (χ2v) is 9.92. The maximum Gasteiger partial charge on any atom is 0.316 e. The third-order valence-corrected chi connectivity index (χ3v) is 7.71. The first-order valence-electron chi connectivity index (χ1n) is 12.8. The van der Waals surface area contributed by atoms with Gasteiger partial charge < -0.3 is 14.5 Å². The van der Waals surface area contributed by atoms with Crippen LogP contribution in [0.15, 0.2) is 71.2 Å². The number of rotatable bonds is 8. The number of nitrogens with zero attached hydrogens (tertiary/aromatic N) is 1. The van der Waals surface area contributed by atoms with Crippen LogP contribution in [0.25, 0.3) is 11.1 Å². The second kappa shape index (κ2) is 10.1. The van der Waals surface area contributed by atoms with Gasteiger partial charge >= 0.3 is 5.97 Å². The van der Waals surface area contributed by atoms with Crippen LogP contribution in [-0.4, -0.2) is 23.6 Å². The summed E-state index contributed by atoms with van der Waals surface area (Å²) < 4.78 is 12.0. The van der Waals surface area contributed by atoms with Crippen LogP contribution >= 0.6 is 0 Å². The number of carbonyl (C=O) groups excluding carboxylic acids is 1. The molecular formula is C29H35N2O3+. The molecule has 2 fully saturated rings. The summed E-state index contributed by atoms with van der Waals surface area (Å²) in [4.78, 5) is 18.2. The molecule has 1 heterocycles. The Kier molecular flexibility index (Phi) is 6.82. The quantitative estimate of drug-likeness (QED) is 0.221. The van der Waals surface area contributed by atoms with Gasteiger partial charge in [0.2, 0.25) is 0 Å². The van der Waals surface area contributed by atoms with Crippen molar-refractivity contribution in [3.63, 3.8) is 0 Å². The summed E-state index contributed by atoms with van der Waals surface area (Å²) >= 11 is 0. The van der Waals surface area contributed by atoms with Gasteiger partial charge in [0.05, 0.1) is 12.0 Å². The van der Waals surface area contributed by atoms with E-state index in [9.17, 15) is 4.79 Å². The maximum atomic E-state index is 13.6. The summed E-state index contributed by atoms with van der Waals surface area (Å²) in [5.41, 5.74) is 3.54. The first-order chi connectivity index (χ1) is 16.7. The molecule has 5 nitrogen and oxygen atoms in total. The number of aromatic nitrogens is 1. The molecule has 2 aliphatic carbocycles. The zero-order valence-electron chi connectivity index (χ0n) is 19.9. The van der Waals surface area contributed by atoms with E-state index in [0.29, 0.717) is 6.54 Å². The lowest BCUT2D eigenvalue weighted by Gasteiger charge is -2.41. The number of fused-ring (bicyclic) bond motifs is 1. The Bertz CT molecular complexity index is 1100. The number of quaternary nitrogens is 1. The van der Waals surface area contributed by atoms with E-state index in [2.05, 4.69) is 29.0 Å². The van der Waals surface area contributed by atoms with E-state index in [1.807, 2.05) is 42.5 Å². The van der Waals surface area contributed by atoms with Crippen molar-refractivity contribution in [1.29, 1.82) is 0 Å². The van der Waals surface area contributed by atoms with Crippen LogP contribution in [0.4, 0.5) is 0 Å². The zero-order chi connectivity index (χ0) is 23.4. The van der Waals surface area contributed by atoms with Crippen LogP contribution in [0.5, 0.6) is 0 Å². The van der Waals surface area contributed by atoms with Crippen molar-refractivity contribution in [2.24, 2.45) is 5.92 Å². The van der Waals surface area contributed by atoms with E-state index in [-0.39, 0.29) is 18.0 Å². The number of ether oxygens (including phenoxy) is 1. The molecule has 0 saturated heterocycles. The summed E-state index contributed by atoms with van der Waals surface area (Å²) in [6.07, 6.45) is 7.98. The number of nitrogens with two attached hydrogens (primary N) is 1. The lowest BCUT2D eigenvalue weighted by atomic mass is 9.72. The van der Waals surface area contributed by atoms with Crippen molar-refractivity contribution in [1.82, 2.24) is 4.98 Å². The van der Waals surface area contributed by atoms with Crippen molar-refractivity contribution in [3.05, 3.63) is 78.2 Å². The number of hydrogen-bond acceptors (Lipinski definition) is 4. The molecule has 2 saturated carbocycles. The van der Waals surface area contributed by atoms with E-state index in [4.69, 9.17) is 9.15 Å². The fraction of sp³-hybridized carbons (Fsp3) is 0.448. The van der Waals surface area contributed by atoms with Crippen molar-refractivity contribution >= 4 is 17.1 Å². The van der Waals surface area contributed by atoms with Gasteiger partial charge in [-0.15, -0.1) is 0 Å². The molecule has 0 radical (unpaired) electrons. The Morgan fingerprint density at radius 1 is 1.06 bits per heavy atom. The van der Waals surface area contributed by atoms with Crippen LogP contribution < -0.4 is 5.32 Å². The van der Waals surface area contributed by atoms with Crippen LogP contribution in [-0.2, 0) is 21.5 Å². The SMILES string of the molecule is C=C1CC(OC(=O)C2(c3ccccc3)CCCCCC2)C1CC[NH2+]Cc1nc2ccccc2o1. The van der Waals surface area contributed by atoms with E-state index >= 15 is 0 Å². The Labute approximate surface area is 201 Å². The summed E-state index contributed by atoms with van der Waals surface area (Å²) in [5, 5.41) is 2.21. The largest absolute Gasteiger partial charge is 0.461 e. The predicted octanol–water partition coefficient (Wildman–Crippen LogP) is 5.06. The molecule has 0 amide bonds. The predicted molar refractivity (Wildman–Crippen MR) is 132 cm³/mol. The lowest BCUT2D eigenvalue weighted by Crippen LogP contribution is -2.83. The van der Waals surface area contributed by atoms with Gasteiger partial charge in [-0.1, -0.05) is 80.3 Å². The summed E-state index contributed by atoms with van der Waals surface area (Å²) in [7, 11) is 0. The monoisotopic (exact) mass is 459 g/mol. The Morgan fingerprint density at radius 2 is 1.79 bits per heavy atom. The first kappa shape index (κ1) is 22.9. The molecule has 3 aromatic rings. The number of para-hydroxylation sites is 2. The van der Waals surface area contributed by atoms with Gasteiger partial charge in [-0.25, -0.2) is 4.98 Å². The van der Waals surface area contributed by atoms with Gasteiger partial charge in [-0.3, -0.25) is 4.79 Å². The molecule has 5 heteroatoms. The molecule has 1 aromatic heterocycles. The fourth-order valence-electron chi connectivity index (χ4n) is 5.65. The van der Waals surface area contributed by atoms with Gasteiger partial charge in [0.15, 0.2) is 12.1 Å². The van der Waals surface area contributed by atoms with Gasteiger partial charge in [-0.2, -0.15) is 0 Å². The second-order valence-electron chi connectivity index (χ2n) is 9.92. The van der Waals surface area contributed by atoms with Crippen LogP contribution in [0.3, 0.4) is 0 Å². The average Bonchev–Trinajstić information content (AvgIpc) is 3.10. The van der Waals surface area contributed by atoms with E-state index in [0.717, 1.165) is 67.6 Å². The van der Waals surface area contributed by atoms with Crippen molar-refractivity contribution in [2.75, 3.05) is 6.54 Å². The highest BCUT2D eigenvalue weighted by molar-refractivity contribution is 5.83. The lowest BCUT2D eigenvalue weighted by molar-refractivity contribution is -0.673. The molecule has 178 valence electrons. The number of oxazole rings is 1. The summed E-state index contributed by atoms with van der Waals surface area (Å²) in [5.74, 6) is 0.954. The summed E-state index contributed by atoms with van der Waals surface area (Å²) in [6, 6.07) is 18.1. The maximum absolute atomic E-state index is 13.6. The van der Waals surface area contributed by atoms with E-state index in [1.54, 1.807) is 0 Å². The summed E-state index contributed by atoms with van der Waals surface area (Å²) in [6.45, 7) is 5.85. The van der Waals surface area contributed by atoms with Crippen LogP contribution in [0.1, 0.15) is 62.8 Å². The molecule has 2 aliphatic rings. The third kappa shape index (κ3) is 4.67. The van der Waals surface area contributed by atoms with Gasteiger partial charge in [-0.05, 0) is 30.5 Å². The molecule has 2 atom stereocenters. The van der Waals surface area contributed by atoms with Crippen molar-refractivity contribution < 1.29 is 19.3 Å². The molecule has 34 heavy (non-hydrogen) atoms. The van der Waals surface area contributed by atoms with Crippen LogP contribution in [0.2, 0.25) is 0 Å². The van der Waals surface area contributed by atoms with Crippen LogP contribution in [0, 0.1) is 5.92 Å². The molecule has 0 bridgehead atoms. The average molecular weight is 460 g/mol. The topological polar surface area (TPSA) is 68.9 Å². The first-order valence-corrected chi connectivity index (χ1v) is 12.8. The van der Waals surface area contributed by atoms with E-state index < -0.39 is 5.41 Å². The Morgan fingerprint density at radius 3 is 2.53 bits per heavy atom. The molecule has 0 aliphatic heterocycles. The molecule has 2 aromatic carbocycles. The minimum absolute atomic E-state index is 0.0291. The molecule has 2 unspecified atom stereocenters. The smallest absolute Gasteiger partial charge is 0.316 e. The molecule has 0 spiro atoms. The van der Waals surface area contributed by atoms with E-state index in [1.165, 1.54) is 18.4 Å². The standard InChI is InChI=1S/C29H34N2O3/c1-21-19-26(23(21)15-18-30-20-27-31-24-13-7-8-14-25(24)33-27)34-28(32)29(16-9-2-3-10-17-29)22-11-5-4-6-12-22/h4-8,11-14,23,26,30H,1-3,9-10,15-20H2/p+1. The number of hydrogen-bond donors (Lipinski definition) is 1. The minimum atomic E-state index is -0.502. The molecule has 2 N–H and O–H groups in total. The zero-order valence-corrected chi connectivity index (χ0v) is 19.9. The highest BCUT2D eigenvalue weighted by Crippen LogP contribution is 2.43. The highest BCUT2D eigenvalue weighted by Gasteiger charge is 2.45. The molecule has 5 rings (SSSR count). The van der Waals surface area contributed by atoms with Crippen molar-refractivity contribution in [3.8, 4) is 0 Å². The minimum Gasteiger partial charge on any atom is -0.461 e. The molecular weight excluding hydrogens is 424 g/mol.